The Morgan fingerprint density at radius 3 is 2.68 bits per heavy atom. The molecule has 0 amide bonds. The zero-order valence-corrected chi connectivity index (χ0v) is 15.5. The smallest absolute Gasteiger partial charge is 0.279 e. The first kappa shape index (κ1) is 17.7. The van der Waals surface area contributed by atoms with Crippen molar-refractivity contribution in [3.8, 4) is 11.5 Å². The third-order valence-electron chi connectivity index (χ3n) is 4.25. The number of carbonyl (C=O) groups excluding carboxylic acids is 1. The molecule has 2 heterocycles. The maximum Gasteiger partial charge on any atom is 0.279 e. The third-order valence-corrected chi connectivity index (χ3v) is 4.25. The predicted molar refractivity (Wildman–Crippen MR) is 106 cm³/mol. The average molecular weight is 380 g/mol. The van der Waals surface area contributed by atoms with E-state index in [-0.39, 0.29) is 5.91 Å². The number of rotatable bonds is 4. The van der Waals surface area contributed by atoms with Gasteiger partial charge in [0, 0.05) is 31.4 Å². The van der Waals surface area contributed by atoms with E-state index in [0.29, 0.717) is 41.9 Å². The van der Waals surface area contributed by atoms with Gasteiger partial charge in [0.15, 0.2) is 11.5 Å². The van der Waals surface area contributed by atoms with Crippen LogP contribution in [0.25, 0.3) is 0 Å². The van der Waals surface area contributed by atoms with Crippen LogP contribution >= 0.6 is 0 Å². The minimum atomic E-state index is -0.320. The maximum atomic E-state index is 12.7. The summed E-state index contributed by atoms with van der Waals surface area (Å²) in [6, 6.07) is 10.6. The van der Waals surface area contributed by atoms with E-state index in [4.69, 9.17) is 15.2 Å². The van der Waals surface area contributed by atoms with E-state index in [9.17, 15) is 4.79 Å². The van der Waals surface area contributed by atoms with Crippen LogP contribution in [0.15, 0.2) is 42.7 Å². The molecule has 2 aromatic carbocycles. The van der Waals surface area contributed by atoms with Gasteiger partial charge >= 0.3 is 0 Å². The molecule has 0 radical (unpaired) electrons. The van der Waals surface area contributed by atoms with Gasteiger partial charge in [-0.25, -0.2) is 0 Å². The number of ether oxygens (including phenoxy) is 2. The van der Waals surface area contributed by atoms with E-state index >= 15 is 0 Å². The van der Waals surface area contributed by atoms with Crippen molar-refractivity contribution >= 4 is 28.9 Å². The van der Waals surface area contributed by atoms with E-state index in [1.54, 1.807) is 24.3 Å². The topological polar surface area (TPSA) is 108 Å². The van der Waals surface area contributed by atoms with Gasteiger partial charge in [-0.2, -0.15) is 9.67 Å². The summed E-state index contributed by atoms with van der Waals surface area (Å²) in [4.78, 5) is 18.7. The fourth-order valence-electron chi connectivity index (χ4n) is 2.90. The molecule has 28 heavy (non-hydrogen) atoms. The summed E-state index contributed by atoms with van der Waals surface area (Å²) in [5, 5.41) is 7.26. The van der Waals surface area contributed by atoms with Gasteiger partial charge in [0.2, 0.25) is 5.95 Å². The molecule has 0 aliphatic carbocycles. The van der Waals surface area contributed by atoms with Gasteiger partial charge in [-0.05, 0) is 30.3 Å². The second-order valence-corrected chi connectivity index (χ2v) is 6.47. The summed E-state index contributed by atoms with van der Waals surface area (Å²) >= 11 is 0. The number of hydrogen-bond acceptors (Lipinski definition) is 8. The van der Waals surface area contributed by atoms with Crippen LogP contribution in [-0.4, -0.2) is 48.0 Å². The van der Waals surface area contributed by atoms with Crippen LogP contribution in [0.5, 0.6) is 11.5 Å². The SMILES string of the molecule is CN(C)c1ccc(C(=O)n2cnc(Nc3ccc4c(c3)OCCO4)n2)cc1N. The van der Waals surface area contributed by atoms with Crippen molar-refractivity contribution in [1.29, 1.82) is 0 Å². The van der Waals surface area contributed by atoms with Crippen molar-refractivity contribution in [3.63, 3.8) is 0 Å². The molecular weight excluding hydrogens is 360 g/mol. The zero-order chi connectivity index (χ0) is 19.7. The quantitative estimate of drug-likeness (QED) is 0.663. The number of aromatic nitrogens is 3. The Kier molecular flexibility index (Phi) is 4.48. The lowest BCUT2D eigenvalue weighted by atomic mass is 10.1. The average Bonchev–Trinajstić information content (AvgIpc) is 3.15. The minimum Gasteiger partial charge on any atom is -0.486 e. The zero-order valence-electron chi connectivity index (χ0n) is 15.5. The number of nitrogens with zero attached hydrogens (tertiary/aromatic N) is 4. The first-order valence-electron chi connectivity index (χ1n) is 8.71. The van der Waals surface area contributed by atoms with Crippen molar-refractivity contribution < 1.29 is 14.3 Å². The Balaban J connectivity index is 1.51. The number of nitrogen functional groups attached to an aromatic ring is 1. The first-order chi connectivity index (χ1) is 13.5. The van der Waals surface area contributed by atoms with E-state index in [0.717, 1.165) is 11.4 Å². The van der Waals surface area contributed by atoms with Crippen LogP contribution in [0.2, 0.25) is 0 Å². The van der Waals surface area contributed by atoms with Gasteiger partial charge in [-0.1, -0.05) is 0 Å². The highest BCUT2D eigenvalue weighted by Crippen LogP contribution is 2.33. The Bertz CT molecular complexity index is 1030. The lowest BCUT2D eigenvalue weighted by Crippen LogP contribution is -2.15. The number of fused-ring (bicyclic) bond motifs is 1. The largest absolute Gasteiger partial charge is 0.486 e. The molecule has 0 saturated heterocycles. The molecule has 144 valence electrons. The molecule has 1 aliphatic rings. The van der Waals surface area contributed by atoms with Gasteiger partial charge in [0.05, 0.1) is 11.4 Å². The number of nitrogens with two attached hydrogens (primary N) is 1. The standard InChI is InChI=1S/C19H20N6O3/c1-24(2)15-5-3-12(9-14(15)20)18(26)25-11-21-19(23-25)22-13-4-6-16-17(10-13)28-8-7-27-16/h3-6,9-11H,7-8,20H2,1-2H3,(H,22,23). The Labute approximate surface area is 161 Å². The molecule has 0 fully saturated rings. The lowest BCUT2D eigenvalue weighted by molar-refractivity contribution is 0.0945. The molecule has 3 N–H and O–H groups in total. The fourth-order valence-corrected chi connectivity index (χ4v) is 2.90. The van der Waals surface area contributed by atoms with Gasteiger partial charge in [-0.15, -0.1) is 5.10 Å². The Hall–Kier alpha value is -3.75. The maximum absolute atomic E-state index is 12.7. The summed E-state index contributed by atoms with van der Waals surface area (Å²) in [5.41, 5.74) is 8.55. The van der Waals surface area contributed by atoms with Gasteiger partial charge in [0.25, 0.3) is 5.91 Å². The van der Waals surface area contributed by atoms with Crippen molar-refractivity contribution in [2.24, 2.45) is 0 Å². The van der Waals surface area contributed by atoms with Crippen molar-refractivity contribution in [1.82, 2.24) is 14.8 Å². The minimum absolute atomic E-state index is 0.294. The van der Waals surface area contributed by atoms with E-state index in [1.807, 2.05) is 31.1 Å². The normalized spacial score (nSPS) is 12.5. The number of anilines is 4. The number of nitrogens with one attached hydrogen (secondary N) is 1. The number of benzene rings is 2. The fraction of sp³-hybridized carbons (Fsp3) is 0.211. The van der Waals surface area contributed by atoms with Crippen LogP contribution in [0.4, 0.5) is 23.0 Å². The predicted octanol–water partition coefficient (Wildman–Crippen LogP) is 2.13. The summed E-state index contributed by atoms with van der Waals surface area (Å²) in [7, 11) is 3.78. The molecule has 3 aromatic rings. The molecule has 0 spiro atoms. The number of carbonyl (C=O) groups is 1. The molecule has 4 rings (SSSR count). The van der Waals surface area contributed by atoms with E-state index in [2.05, 4.69) is 15.4 Å². The Morgan fingerprint density at radius 2 is 1.93 bits per heavy atom. The van der Waals surface area contributed by atoms with Crippen LogP contribution in [-0.2, 0) is 0 Å². The highest BCUT2D eigenvalue weighted by atomic mass is 16.6. The molecule has 1 aliphatic heterocycles. The molecule has 1 aromatic heterocycles. The van der Waals surface area contributed by atoms with E-state index in [1.165, 1.54) is 11.0 Å². The summed E-state index contributed by atoms with van der Waals surface area (Å²) in [5.74, 6) is 1.33. The van der Waals surface area contributed by atoms with Crippen LogP contribution < -0.4 is 25.4 Å². The lowest BCUT2D eigenvalue weighted by Gasteiger charge is -2.18. The molecule has 0 saturated carbocycles. The third kappa shape index (κ3) is 3.41. The summed E-state index contributed by atoms with van der Waals surface area (Å²) < 4.78 is 12.2. The van der Waals surface area contributed by atoms with Crippen LogP contribution in [0, 0.1) is 0 Å². The monoisotopic (exact) mass is 380 g/mol. The molecule has 9 heteroatoms. The van der Waals surface area contributed by atoms with Crippen LogP contribution in [0.3, 0.4) is 0 Å². The summed E-state index contributed by atoms with van der Waals surface area (Å²) in [6.45, 7) is 1.04. The van der Waals surface area contributed by atoms with Crippen LogP contribution in [0.1, 0.15) is 10.4 Å². The molecule has 9 nitrogen and oxygen atoms in total. The number of hydrogen-bond donors (Lipinski definition) is 2. The molecule has 0 unspecified atom stereocenters. The van der Waals surface area contributed by atoms with Crippen molar-refractivity contribution in [3.05, 3.63) is 48.3 Å². The van der Waals surface area contributed by atoms with Crippen molar-refractivity contribution in [2.75, 3.05) is 43.3 Å². The van der Waals surface area contributed by atoms with Crippen molar-refractivity contribution in [2.45, 2.75) is 0 Å². The highest BCUT2D eigenvalue weighted by molar-refractivity contribution is 5.97. The Morgan fingerprint density at radius 1 is 1.14 bits per heavy atom. The molecule has 0 atom stereocenters. The molecule has 0 bridgehead atoms. The summed E-state index contributed by atoms with van der Waals surface area (Å²) in [6.07, 6.45) is 1.36. The van der Waals surface area contributed by atoms with Gasteiger partial charge in [0.1, 0.15) is 19.5 Å². The molecular formula is C19H20N6O3. The second kappa shape index (κ2) is 7.10. The second-order valence-electron chi connectivity index (χ2n) is 6.47. The first-order valence-corrected chi connectivity index (χ1v) is 8.71. The van der Waals surface area contributed by atoms with E-state index < -0.39 is 0 Å². The van der Waals surface area contributed by atoms with Gasteiger partial charge < -0.3 is 25.4 Å². The highest BCUT2D eigenvalue weighted by Gasteiger charge is 2.15. The van der Waals surface area contributed by atoms with Gasteiger partial charge in [-0.3, -0.25) is 4.79 Å².